The van der Waals surface area contributed by atoms with Crippen molar-refractivity contribution in [3.8, 4) is 5.88 Å². The third-order valence-electron chi connectivity index (χ3n) is 4.28. The second kappa shape index (κ2) is 8.11. The number of likely N-dealkylation sites (tertiary alicyclic amines) is 1. The first-order valence-electron chi connectivity index (χ1n) is 8.03. The van der Waals surface area contributed by atoms with Crippen LogP contribution in [-0.2, 0) is 0 Å². The number of thiazole rings is 1. The van der Waals surface area contributed by atoms with Gasteiger partial charge in [-0.2, -0.15) is 0 Å². The Morgan fingerprint density at radius 2 is 2.08 bits per heavy atom. The number of halogens is 3. The molecule has 2 N–H and O–H groups in total. The fourth-order valence-electron chi connectivity index (χ4n) is 3.02. The van der Waals surface area contributed by atoms with Crippen LogP contribution in [0.15, 0.2) is 23.8 Å². The molecule has 1 unspecified atom stereocenters. The highest BCUT2D eigenvalue weighted by Crippen LogP contribution is 2.34. The molecule has 0 saturated carbocycles. The molecule has 1 fully saturated rings. The maximum Gasteiger partial charge on any atom is 0.281 e. The molecule has 3 rings (SSSR count). The van der Waals surface area contributed by atoms with Crippen molar-refractivity contribution >= 4 is 11.3 Å². The lowest BCUT2D eigenvalue weighted by molar-refractivity contribution is 0.0703. The van der Waals surface area contributed by atoms with Crippen LogP contribution >= 0.6 is 11.3 Å². The minimum absolute atomic E-state index is 0.00114. The normalized spacial score (nSPS) is 17.8. The van der Waals surface area contributed by atoms with Gasteiger partial charge in [0.15, 0.2) is 5.82 Å². The summed E-state index contributed by atoms with van der Waals surface area (Å²) < 4.78 is 45.4. The van der Waals surface area contributed by atoms with Crippen LogP contribution in [0.4, 0.5) is 13.2 Å². The topological polar surface area (TPSA) is 64.3 Å². The molecule has 0 amide bonds. The molecule has 9 heteroatoms. The van der Waals surface area contributed by atoms with E-state index in [1.54, 1.807) is 0 Å². The van der Waals surface area contributed by atoms with Gasteiger partial charge >= 0.3 is 0 Å². The summed E-state index contributed by atoms with van der Waals surface area (Å²) in [6, 6.07) is 2.52. The SMILES string of the molecule is NCC(c1scnc1C(F)F)N1CCC(Oc2ncccc2F)CC1. The molecular weight excluding hydrogens is 353 g/mol. The van der Waals surface area contributed by atoms with Gasteiger partial charge in [0.25, 0.3) is 12.3 Å². The van der Waals surface area contributed by atoms with Crippen molar-refractivity contribution in [2.24, 2.45) is 5.73 Å². The fraction of sp³-hybridized carbons (Fsp3) is 0.500. The van der Waals surface area contributed by atoms with Crippen LogP contribution < -0.4 is 10.5 Å². The first-order valence-corrected chi connectivity index (χ1v) is 8.90. The van der Waals surface area contributed by atoms with E-state index in [2.05, 4.69) is 14.9 Å². The van der Waals surface area contributed by atoms with E-state index in [1.807, 2.05) is 0 Å². The number of rotatable bonds is 6. The summed E-state index contributed by atoms with van der Waals surface area (Å²) in [5.74, 6) is -0.491. The smallest absolute Gasteiger partial charge is 0.281 e. The van der Waals surface area contributed by atoms with Gasteiger partial charge in [-0.25, -0.2) is 23.1 Å². The first kappa shape index (κ1) is 18.1. The molecule has 2 aromatic heterocycles. The number of ether oxygens (including phenoxy) is 1. The lowest BCUT2D eigenvalue weighted by Gasteiger charge is -2.36. The van der Waals surface area contributed by atoms with Crippen LogP contribution in [0.3, 0.4) is 0 Å². The average Bonchev–Trinajstić information content (AvgIpc) is 3.09. The van der Waals surface area contributed by atoms with Crippen LogP contribution in [-0.4, -0.2) is 40.6 Å². The first-order chi connectivity index (χ1) is 12.1. The molecule has 1 aliphatic heterocycles. The zero-order valence-corrected chi connectivity index (χ0v) is 14.3. The quantitative estimate of drug-likeness (QED) is 0.844. The fourth-order valence-corrected chi connectivity index (χ4v) is 3.96. The Morgan fingerprint density at radius 3 is 2.72 bits per heavy atom. The van der Waals surface area contributed by atoms with E-state index in [4.69, 9.17) is 10.5 Å². The summed E-state index contributed by atoms with van der Waals surface area (Å²) in [5.41, 5.74) is 7.09. The highest BCUT2D eigenvalue weighted by Gasteiger charge is 2.31. The molecule has 0 aromatic carbocycles. The van der Waals surface area contributed by atoms with Gasteiger partial charge in [-0.1, -0.05) is 0 Å². The van der Waals surface area contributed by atoms with E-state index in [0.29, 0.717) is 30.8 Å². The van der Waals surface area contributed by atoms with Gasteiger partial charge in [-0.3, -0.25) is 4.90 Å². The predicted octanol–water partition coefficient (Wildman–Crippen LogP) is 3.16. The number of hydrogen-bond donors (Lipinski definition) is 1. The number of aromatic nitrogens is 2. The minimum atomic E-state index is -2.61. The number of hydrogen-bond acceptors (Lipinski definition) is 6. The minimum Gasteiger partial charge on any atom is -0.472 e. The van der Waals surface area contributed by atoms with Crippen LogP contribution in [0, 0.1) is 5.82 Å². The van der Waals surface area contributed by atoms with Crippen molar-refractivity contribution in [3.05, 3.63) is 40.2 Å². The summed E-state index contributed by atoms with van der Waals surface area (Å²) in [6.07, 6.45) is 0.0107. The molecular formula is C16H19F3N4OS. The molecule has 3 heterocycles. The zero-order valence-electron chi connectivity index (χ0n) is 13.4. The standard InChI is InChI=1S/C16H19F3N4OS/c17-11-2-1-5-21-16(11)24-10-3-6-23(7-4-10)12(8-20)14-13(15(18)19)22-9-25-14/h1-2,5,9-10,12,15H,3-4,6-8,20H2. The highest BCUT2D eigenvalue weighted by atomic mass is 32.1. The Hall–Kier alpha value is -1.71. The number of nitrogens with zero attached hydrogens (tertiary/aromatic N) is 3. The van der Waals surface area contributed by atoms with E-state index in [9.17, 15) is 13.2 Å². The maximum absolute atomic E-state index is 13.6. The van der Waals surface area contributed by atoms with E-state index >= 15 is 0 Å². The Morgan fingerprint density at radius 1 is 1.32 bits per heavy atom. The van der Waals surface area contributed by atoms with Crippen LogP contribution in [0.5, 0.6) is 5.88 Å². The molecule has 0 spiro atoms. The third-order valence-corrected chi connectivity index (χ3v) is 5.22. The Balaban J connectivity index is 1.62. The summed E-state index contributed by atoms with van der Waals surface area (Å²) >= 11 is 1.21. The lowest BCUT2D eigenvalue weighted by Crippen LogP contribution is -2.42. The van der Waals surface area contributed by atoms with Gasteiger partial charge in [0.2, 0.25) is 0 Å². The average molecular weight is 372 g/mol. The van der Waals surface area contributed by atoms with Crippen LogP contribution in [0.25, 0.3) is 0 Å². The molecule has 1 aliphatic rings. The van der Waals surface area contributed by atoms with Crippen LogP contribution in [0.1, 0.15) is 35.9 Å². The van der Waals surface area contributed by atoms with Gasteiger partial charge in [0.1, 0.15) is 11.8 Å². The molecule has 25 heavy (non-hydrogen) atoms. The van der Waals surface area contributed by atoms with Crippen molar-refractivity contribution in [2.45, 2.75) is 31.4 Å². The van der Waals surface area contributed by atoms with E-state index < -0.39 is 12.2 Å². The van der Waals surface area contributed by atoms with Gasteiger partial charge in [-0.05, 0) is 25.0 Å². The van der Waals surface area contributed by atoms with Gasteiger partial charge in [0.05, 0.1) is 16.4 Å². The van der Waals surface area contributed by atoms with E-state index in [1.165, 1.54) is 35.2 Å². The largest absolute Gasteiger partial charge is 0.472 e. The molecule has 0 radical (unpaired) electrons. The Bertz CT molecular complexity index is 692. The molecule has 2 aromatic rings. The van der Waals surface area contributed by atoms with Crippen molar-refractivity contribution in [1.29, 1.82) is 0 Å². The Labute approximate surface area is 147 Å². The number of nitrogens with two attached hydrogens (primary N) is 1. The molecule has 136 valence electrons. The van der Waals surface area contributed by atoms with E-state index in [0.717, 1.165) is 0 Å². The zero-order chi connectivity index (χ0) is 17.8. The predicted molar refractivity (Wildman–Crippen MR) is 88.3 cm³/mol. The molecule has 5 nitrogen and oxygen atoms in total. The second-order valence-corrected chi connectivity index (χ2v) is 6.68. The van der Waals surface area contributed by atoms with E-state index in [-0.39, 0.29) is 30.3 Å². The van der Waals surface area contributed by atoms with Crippen molar-refractivity contribution in [1.82, 2.24) is 14.9 Å². The molecule has 0 bridgehead atoms. The maximum atomic E-state index is 13.6. The summed E-state index contributed by atoms with van der Waals surface area (Å²) in [7, 11) is 0. The lowest BCUT2D eigenvalue weighted by atomic mass is 10.0. The highest BCUT2D eigenvalue weighted by molar-refractivity contribution is 7.09. The molecule has 0 aliphatic carbocycles. The number of alkyl halides is 2. The molecule has 1 atom stereocenters. The number of piperidine rings is 1. The van der Waals surface area contributed by atoms with Gasteiger partial charge in [-0.15, -0.1) is 11.3 Å². The van der Waals surface area contributed by atoms with Gasteiger partial charge in [0, 0.05) is 25.8 Å². The van der Waals surface area contributed by atoms with Crippen LogP contribution in [0.2, 0.25) is 0 Å². The van der Waals surface area contributed by atoms with Crippen molar-refractivity contribution < 1.29 is 17.9 Å². The van der Waals surface area contributed by atoms with Crippen molar-refractivity contribution in [2.75, 3.05) is 19.6 Å². The van der Waals surface area contributed by atoms with Gasteiger partial charge < -0.3 is 10.5 Å². The number of pyridine rings is 1. The second-order valence-electron chi connectivity index (χ2n) is 5.80. The summed E-state index contributed by atoms with van der Waals surface area (Å²) in [4.78, 5) is 10.2. The monoisotopic (exact) mass is 372 g/mol. The molecule has 1 saturated heterocycles. The Kier molecular flexibility index (Phi) is 5.87. The third kappa shape index (κ3) is 4.10. The summed E-state index contributed by atoms with van der Waals surface area (Å²) in [5, 5.41) is 0. The summed E-state index contributed by atoms with van der Waals surface area (Å²) in [6.45, 7) is 1.49. The van der Waals surface area contributed by atoms with Crippen molar-refractivity contribution in [3.63, 3.8) is 0 Å².